The normalized spacial score (nSPS) is 16.4. The van der Waals surface area contributed by atoms with Gasteiger partial charge in [-0.3, -0.25) is 9.59 Å². The van der Waals surface area contributed by atoms with Crippen molar-refractivity contribution in [3.63, 3.8) is 0 Å². The molecule has 0 spiro atoms. The fourth-order valence-electron chi connectivity index (χ4n) is 4.30. The quantitative estimate of drug-likeness (QED) is 0.558. The van der Waals surface area contributed by atoms with Gasteiger partial charge in [-0.1, -0.05) is 55.5 Å². The summed E-state index contributed by atoms with van der Waals surface area (Å²) in [5.41, 5.74) is 3.79. The zero-order chi connectivity index (χ0) is 22.7. The van der Waals surface area contributed by atoms with Gasteiger partial charge in [-0.25, -0.2) is 4.79 Å². The first-order valence-corrected chi connectivity index (χ1v) is 11.0. The summed E-state index contributed by atoms with van der Waals surface area (Å²) in [6.45, 7) is 2.33. The van der Waals surface area contributed by atoms with Crippen LogP contribution >= 0.6 is 0 Å². The summed E-state index contributed by atoms with van der Waals surface area (Å²) in [5.74, 6) is -1.59. The molecule has 2 aromatic rings. The van der Waals surface area contributed by atoms with E-state index < -0.39 is 23.4 Å². The minimum atomic E-state index is -0.873. The average Bonchev–Trinajstić information content (AvgIpc) is 3.54. The predicted octanol–water partition coefficient (Wildman–Crippen LogP) is 3.53. The molecule has 7 heteroatoms. The molecule has 0 saturated heterocycles. The molecule has 7 nitrogen and oxygen atoms in total. The number of alkyl carbamates (subject to hydrolysis) is 1. The Morgan fingerprint density at radius 1 is 1.03 bits per heavy atom. The molecule has 168 valence electrons. The second kappa shape index (κ2) is 9.02. The van der Waals surface area contributed by atoms with Gasteiger partial charge in [-0.15, -0.1) is 0 Å². The van der Waals surface area contributed by atoms with Gasteiger partial charge in [0, 0.05) is 19.0 Å². The standard InChI is InChI=1S/C25H28N2O5/c1-2-16(22(28)27-15-25(11-12-25)23(29)30)13-26-24(31)32-14-21-19-9-5-3-7-17(19)18-8-4-6-10-20(18)21/h3-10,16,21H,2,11-15H2,1H3,(H,26,31)(H,27,28)(H,29,30). The number of rotatable bonds is 9. The Morgan fingerprint density at radius 3 is 2.16 bits per heavy atom. The molecule has 0 aliphatic heterocycles. The molecule has 0 aromatic heterocycles. The molecule has 2 aliphatic rings. The molecule has 2 aliphatic carbocycles. The van der Waals surface area contributed by atoms with Crippen molar-refractivity contribution in [2.75, 3.05) is 19.7 Å². The lowest BCUT2D eigenvalue weighted by Crippen LogP contribution is -2.42. The number of hydrogen-bond donors (Lipinski definition) is 3. The number of carboxylic acids is 1. The molecule has 1 atom stereocenters. The van der Waals surface area contributed by atoms with Crippen LogP contribution in [0, 0.1) is 11.3 Å². The first-order valence-electron chi connectivity index (χ1n) is 11.0. The van der Waals surface area contributed by atoms with E-state index in [1.165, 1.54) is 0 Å². The van der Waals surface area contributed by atoms with E-state index >= 15 is 0 Å². The SMILES string of the molecule is CCC(CNC(=O)OCC1c2ccccc2-c2ccccc21)C(=O)NCC1(C(=O)O)CC1. The summed E-state index contributed by atoms with van der Waals surface area (Å²) in [6, 6.07) is 16.2. The van der Waals surface area contributed by atoms with Gasteiger partial charge >= 0.3 is 12.1 Å². The zero-order valence-electron chi connectivity index (χ0n) is 18.1. The van der Waals surface area contributed by atoms with Crippen molar-refractivity contribution in [1.82, 2.24) is 10.6 Å². The van der Waals surface area contributed by atoms with Crippen LogP contribution in [0.4, 0.5) is 4.79 Å². The summed E-state index contributed by atoms with van der Waals surface area (Å²) in [7, 11) is 0. The number of carbonyl (C=O) groups is 3. The number of amides is 2. The average molecular weight is 437 g/mol. The number of carboxylic acid groups (broad SMARTS) is 1. The van der Waals surface area contributed by atoms with Crippen molar-refractivity contribution in [2.24, 2.45) is 11.3 Å². The first kappa shape index (κ1) is 21.9. The molecule has 1 saturated carbocycles. The minimum Gasteiger partial charge on any atom is -0.481 e. The van der Waals surface area contributed by atoms with E-state index in [-0.39, 0.29) is 31.5 Å². The van der Waals surface area contributed by atoms with Crippen molar-refractivity contribution in [2.45, 2.75) is 32.1 Å². The first-order chi connectivity index (χ1) is 15.4. The number of nitrogens with one attached hydrogen (secondary N) is 2. The highest BCUT2D eigenvalue weighted by Crippen LogP contribution is 2.45. The minimum absolute atomic E-state index is 0.0239. The Hall–Kier alpha value is -3.35. The molecule has 3 N–H and O–H groups in total. The van der Waals surface area contributed by atoms with E-state index in [0.29, 0.717) is 19.3 Å². The predicted molar refractivity (Wildman–Crippen MR) is 119 cm³/mol. The number of hydrogen-bond acceptors (Lipinski definition) is 4. The van der Waals surface area contributed by atoms with Gasteiger partial charge < -0.3 is 20.5 Å². The van der Waals surface area contributed by atoms with Gasteiger partial charge in [-0.2, -0.15) is 0 Å². The Morgan fingerprint density at radius 2 is 1.62 bits per heavy atom. The summed E-state index contributed by atoms with van der Waals surface area (Å²) in [6.07, 6.45) is 1.12. The van der Waals surface area contributed by atoms with Crippen LogP contribution in [0.15, 0.2) is 48.5 Å². The fourth-order valence-corrected chi connectivity index (χ4v) is 4.30. The zero-order valence-corrected chi connectivity index (χ0v) is 18.1. The number of ether oxygens (including phenoxy) is 1. The third-order valence-corrected chi connectivity index (χ3v) is 6.61. The lowest BCUT2D eigenvalue weighted by molar-refractivity contribution is -0.143. The van der Waals surface area contributed by atoms with Crippen molar-refractivity contribution in [3.8, 4) is 11.1 Å². The lowest BCUT2D eigenvalue weighted by Gasteiger charge is -2.18. The number of carbonyl (C=O) groups excluding carboxylic acids is 2. The third kappa shape index (κ3) is 4.33. The molecular formula is C25H28N2O5. The van der Waals surface area contributed by atoms with Gasteiger partial charge in [-0.05, 0) is 41.5 Å². The van der Waals surface area contributed by atoms with Crippen LogP contribution in [0.25, 0.3) is 11.1 Å². The second-order valence-corrected chi connectivity index (χ2v) is 8.61. The van der Waals surface area contributed by atoms with E-state index in [1.54, 1.807) is 0 Å². The maximum atomic E-state index is 12.4. The van der Waals surface area contributed by atoms with Crippen LogP contribution in [0.3, 0.4) is 0 Å². The van der Waals surface area contributed by atoms with Crippen molar-refractivity contribution in [1.29, 1.82) is 0 Å². The topological polar surface area (TPSA) is 105 Å². The van der Waals surface area contributed by atoms with E-state index in [4.69, 9.17) is 4.74 Å². The Balaban J connectivity index is 1.29. The smallest absolute Gasteiger partial charge is 0.407 e. The Labute approximate surface area is 187 Å². The molecule has 4 rings (SSSR count). The van der Waals surface area contributed by atoms with Gasteiger partial charge in [0.2, 0.25) is 5.91 Å². The number of benzene rings is 2. The summed E-state index contributed by atoms with van der Waals surface area (Å²) < 4.78 is 5.51. The molecule has 2 amide bonds. The fraction of sp³-hybridized carbons (Fsp3) is 0.400. The molecular weight excluding hydrogens is 408 g/mol. The number of fused-ring (bicyclic) bond motifs is 3. The lowest BCUT2D eigenvalue weighted by atomic mass is 9.98. The monoisotopic (exact) mass is 436 g/mol. The molecule has 0 bridgehead atoms. The van der Waals surface area contributed by atoms with Crippen LogP contribution in [-0.2, 0) is 14.3 Å². The van der Waals surface area contributed by atoms with Gasteiger partial charge in [0.1, 0.15) is 6.61 Å². The van der Waals surface area contributed by atoms with Crippen LogP contribution in [0.2, 0.25) is 0 Å². The Kier molecular flexibility index (Phi) is 6.17. The van der Waals surface area contributed by atoms with Gasteiger partial charge in [0.25, 0.3) is 0 Å². The van der Waals surface area contributed by atoms with Gasteiger partial charge in [0.05, 0.1) is 11.3 Å². The van der Waals surface area contributed by atoms with E-state index in [9.17, 15) is 19.5 Å². The molecule has 1 fully saturated rings. The van der Waals surface area contributed by atoms with E-state index in [0.717, 1.165) is 22.3 Å². The third-order valence-electron chi connectivity index (χ3n) is 6.61. The summed E-state index contributed by atoms with van der Waals surface area (Å²) in [5, 5.41) is 14.6. The highest BCUT2D eigenvalue weighted by molar-refractivity contribution is 5.82. The summed E-state index contributed by atoms with van der Waals surface area (Å²) in [4.78, 5) is 36.0. The van der Waals surface area contributed by atoms with Crippen LogP contribution < -0.4 is 10.6 Å². The molecule has 32 heavy (non-hydrogen) atoms. The van der Waals surface area contributed by atoms with Crippen LogP contribution in [-0.4, -0.2) is 42.8 Å². The molecule has 2 aromatic carbocycles. The molecule has 0 heterocycles. The van der Waals surface area contributed by atoms with Crippen molar-refractivity contribution >= 4 is 18.0 Å². The largest absolute Gasteiger partial charge is 0.481 e. The highest BCUT2D eigenvalue weighted by Gasteiger charge is 2.50. The van der Waals surface area contributed by atoms with Crippen LogP contribution in [0.5, 0.6) is 0 Å². The van der Waals surface area contributed by atoms with E-state index in [2.05, 4.69) is 34.9 Å². The summed E-state index contributed by atoms with van der Waals surface area (Å²) >= 11 is 0. The second-order valence-electron chi connectivity index (χ2n) is 8.61. The van der Waals surface area contributed by atoms with Crippen LogP contribution in [0.1, 0.15) is 43.2 Å². The molecule has 0 radical (unpaired) electrons. The number of aliphatic carboxylic acids is 1. The Bertz CT molecular complexity index is 985. The maximum Gasteiger partial charge on any atom is 0.407 e. The van der Waals surface area contributed by atoms with E-state index in [1.807, 2.05) is 31.2 Å². The highest BCUT2D eigenvalue weighted by atomic mass is 16.5. The van der Waals surface area contributed by atoms with Gasteiger partial charge in [0.15, 0.2) is 0 Å². The molecule has 1 unspecified atom stereocenters. The maximum absolute atomic E-state index is 12.4. The van der Waals surface area contributed by atoms with Crippen molar-refractivity contribution in [3.05, 3.63) is 59.7 Å². The van der Waals surface area contributed by atoms with Crippen molar-refractivity contribution < 1.29 is 24.2 Å².